The number of hydrogen-bond donors (Lipinski definition) is 2. The third kappa shape index (κ3) is 6.48. The molecule has 106 valence electrons. The van der Waals surface area contributed by atoms with E-state index in [1.807, 2.05) is 0 Å². The molecule has 1 rings (SSSR count). The van der Waals surface area contributed by atoms with E-state index >= 15 is 0 Å². The standard InChI is InChI=1S/C10H19NO5S2/c12-2-3-15-4-5-16-10(17)11-7-9-1-6-18(13,14)8-9/h9,12H,1-8H2,(H,11,17)/t9-/m1/s1. The minimum absolute atomic E-state index is 0.0150. The molecule has 1 atom stereocenters. The molecule has 0 unspecified atom stereocenters. The fraction of sp³-hybridized carbons (Fsp3) is 0.900. The molecule has 0 aromatic heterocycles. The van der Waals surface area contributed by atoms with Gasteiger partial charge in [0.2, 0.25) is 0 Å². The molecule has 0 aliphatic carbocycles. The Morgan fingerprint density at radius 3 is 2.78 bits per heavy atom. The highest BCUT2D eigenvalue weighted by molar-refractivity contribution is 7.91. The van der Waals surface area contributed by atoms with Crippen LogP contribution in [-0.2, 0) is 19.3 Å². The van der Waals surface area contributed by atoms with Crippen molar-refractivity contribution in [2.45, 2.75) is 6.42 Å². The van der Waals surface area contributed by atoms with Crippen molar-refractivity contribution < 1.29 is 23.0 Å². The number of nitrogens with one attached hydrogen (secondary N) is 1. The van der Waals surface area contributed by atoms with Crippen LogP contribution >= 0.6 is 12.2 Å². The average Bonchev–Trinajstić information content (AvgIpc) is 2.66. The Balaban J connectivity index is 2.04. The Labute approximate surface area is 113 Å². The van der Waals surface area contributed by atoms with E-state index in [0.29, 0.717) is 26.2 Å². The van der Waals surface area contributed by atoms with E-state index in [1.54, 1.807) is 0 Å². The van der Waals surface area contributed by atoms with E-state index in [0.717, 1.165) is 0 Å². The number of hydrogen-bond acceptors (Lipinski definition) is 6. The Kier molecular flexibility index (Phi) is 6.83. The Morgan fingerprint density at radius 2 is 2.17 bits per heavy atom. The van der Waals surface area contributed by atoms with Gasteiger partial charge >= 0.3 is 0 Å². The quantitative estimate of drug-likeness (QED) is 0.476. The number of aliphatic hydroxyl groups excluding tert-OH is 1. The molecular formula is C10H19NO5S2. The summed E-state index contributed by atoms with van der Waals surface area (Å²) in [5.41, 5.74) is 0. The van der Waals surface area contributed by atoms with Crippen LogP contribution in [0.25, 0.3) is 0 Å². The number of ether oxygens (including phenoxy) is 2. The molecule has 1 saturated heterocycles. The molecule has 0 aromatic rings. The molecule has 0 saturated carbocycles. The predicted octanol–water partition coefficient (Wildman–Crippen LogP) is -0.679. The summed E-state index contributed by atoms with van der Waals surface area (Å²) in [6.07, 6.45) is 0.678. The van der Waals surface area contributed by atoms with Gasteiger partial charge in [-0.3, -0.25) is 0 Å². The molecule has 6 nitrogen and oxygen atoms in total. The summed E-state index contributed by atoms with van der Waals surface area (Å²) >= 11 is 4.94. The molecule has 8 heteroatoms. The van der Waals surface area contributed by atoms with Gasteiger partial charge in [0.1, 0.15) is 6.61 Å². The van der Waals surface area contributed by atoms with Crippen molar-refractivity contribution in [2.75, 3.05) is 44.5 Å². The monoisotopic (exact) mass is 297 g/mol. The molecule has 1 fully saturated rings. The van der Waals surface area contributed by atoms with Crippen LogP contribution in [0.5, 0.6) is 0 Å². The van der Waals surface area contributed by atoms with Crippen molar-refractivity contribution in [3.63, 3.8) is 0 Å². The van der Waals surface area contributed by atoms with Gasteiger partial charge in [0, 0.05) is 6.54 Å². The first-order valence-corrected chi connectivity index (χ1v) is 8.06. The number of sulfone groups is 1. The van der Waals surface area contributed by atoms with Gasteiger partial charge in [-0.15, -0.1) is 0 Å². The summed E-state index contributed by atoms with van der Waals surface area (Å²) in [4.78, 5) is 0. The van der Waals surface area contributed by atoms with E-state index in [2.05, 4.69) is 5.32 Å². The van der Waals surface area contributed by atoms with Crippen molar-refractivity contribution in [1.82, 2.24) is 5.32 Å². The lowest BCUT2D eigenvalue weighted by Crippen LogP contribution is -2.31. The Bertz CT molecular complexity index is 357. The van der Waals surface area contributed by atoms with Gasteiger partial charge in [-0.1, -0.05) is 0 Å². The van der Waals surface area contributed by atoms with Crippen LogP contribution in [0.3, 0.4) is 0 Å². The zero-order chi connectivity index (χ0) is 13.4. The van der Waals surface area contributed by atoms with Gasteiger partial charge in [0.25, 0.3) is 5.17 Å². The summed E-state index contributed by atoms with van der Waals surface area (Å²) < 4.78 is 32.6. The lowest BCUT2D eigenvalue weighted by molar-refractivity contribution is 0.0676. The molecule has 0 radical (unpaired) electrons. The second-order valence-corrected chi connectivity index (χ2v) is 6.72. The van der Waals surface area contributed by atoms with Gasteiger partial charge in [0.15, 0.2) is 9.84 Å². The fourth-order valence-electron chi connectivity index (χ4n) is 1.67. The second-order valence-electron chi connectivity index (χ2n) is 4.12. The topological polar surface area (TPSA) is 84.9 Å². The molecular weight excluding hydrogens is 278 g/mol. The molecule has 1 aliphatic rings. The lowest BCUT2D eigenvalue weighted by atomic mass is 10.1. The van der Waals surface area contributed by atoms with Crippen LogP contribution < -0.4 is 5.32 Å². The Hall–Kier alpha value is -0.440. The first-order valence-electron chi connectivity index (χ1n) is 5.83. The van der Waals surface area contributed by atoms with E-state index in [9.17, 15) is 8.42 Å². The van der Waals surface area contributed by atoms with Crippen molar-refractivity contribution in [3.05, 3.63) is 0 Å². The van der Waals surface area contributed by atoms with Crippen molar-refractivity contribution in [1.29, 1.82) is 0 Å². The van der Waals surface area contributed by atoms with Crippen LogP contribution in [0.2, 0.25) is 0 Å². The number of rotatable bonds is 7. The molecule has 18 heavy (non-hydrogen) atoms. The maximum absolute atomic E-state index is 11.2. The highest BCUT2D eigenvalue weighted by Crippen LogP contribution is 2.17. The van der Waals surface area contributed by atoms with Crippen molar-refractivity contribution in [3.8, 4) is 0 Å². The molecule has 1 heterocycles. The molecule has 0 aromatic carbocycles. The fourth-order valence-corrected chi connectivity index (χ4v) is 3.70. The highest BCUT2D eigenvalue weighted by Gasteiger charge is 2.27. The van der Waals surface area contributed by atoms with Crippen LogP contribution in [-0.4, -0.2) is 63.2 Å². The maximum atomic E-state index is 11.2. The molecule has 1 aliphatic heterocycles. The van der Waals surface area contributed by atoms with Gasteiger partial charge < -0.3 is 19.9 Å². The minimum Gasteiger partial charge on any atom is -0.469 e. The van der Waals surface area contributed by atoms with E-state index in [4.69, 9.17) is 26.8 Å². The van der Waals surface area contributed by atoms with Crippen LogP contribution in [0.15, 0.2) is 0 Å². The summed E-state index contributed by atoms with van der Waals surface area (Å²) in [6.45, 7) is 1.47. The van der Waals surface area contributed by atoms with E-state index in [-0.39, 0.29) is 35.8 Å². The zero-order valence-electron chi connectivity index (χ0n) is 10.1. The van der Waals surface area contributed by atoms with Gasteiger partial charge in [0.05, 0.1) is 31.3 Å². The van der Waals surface area contributed by atoms with Gasteiger partial charge in [-0.25, -0.2) is 8.42 Å². The SMILES string of the molecule is O=S1(=O)CC[C@H](CNC(=S)OCCOCCO)C1. The summed E-state index contributed by atoms with van der Waals surface area (Å²) in [6, 6.07) is 0. The molecule has 2 N–H and O–H groups in total. The van der Waals surface area contributed by atoms with E-state index in [1.165, 1.54) is 0 Å². The average molecular weight is 297 g/mol. The first-order chi connectivity index (χ1) is 8.53. The summed E-state index contributed by atoms with van der Waals surface area (Å²) in [7, 11) is -2.84. The predicted molar refractivity (Wildman–Crippen MR) is 71.2 cm³/mol. The molecule has 0 bridgehead atoms. The number of thiocarbonyl (C=S) groups is 1. The van der Waals surface area contributed by atoms with Gasteiger partial charge in [-0.2, -0.15) is 0 Å². The van der Waals surface area contributed by atoms with Crippen LogP contribution in [0, 0.1) is 5.92 Å². The maximum Gasteiger partial charge on any atom is 0.256 e. The highest BCUT2D eigenvalue weighted by atomic mass is 32.2. The Morgan fingerprint density at radius 1 is 1.39 bits per heavy atom. The van der Waals surface area contributed by atoms with E-state index < -0.39 is 9.84 Å². The summed E-state index contributed by atoms with van der Waals surface area (Å²) in [5, 5.41) is 11.6. The third-order valence-corrected chi connectivity index (χ3v) is 4.66. The van der Waals surface area contributed by atoms with Crippen LogP contribution in [0.4, 0.5) is 0 Å². The van der Waals surface area contributed by atoms with Gasteiger partial charge in [-0.05, 0) is 24.6 Å². The van der Waals surface area contributed by atoms with Crippen molar-refractivity contribution >= 4 is 27.2 Å². The second kappa shape index (κ2) is 7.88. The van der Waals surface area contributed by atoms with Crippen molar-refractivity contribution in [2.24, 2.45) is 5.92 Å². The number of aliphatic hydroxyl groups is 1. The lowest BCUT2D eigenvalue weighted by Gasteiger charge is -2.12. The smallest absolute Gasteiger partial charge is 0.256 e. The largest absolute Gasteiger partial charge is 0.469 e. The first kappa shape index (κ1) is 15.6. The third-order valence-electron chi connectivity index (χ3n) is 2.56. The minimum atomic E-state index is -2.84. The normalized spacial score (nSPS) is 21.7. The molecule has 0 spiro atoms. The summed E-state index contributed by atoms with van der Waals surface area (Å²) in [5.74, 6) is 0.603. The molecule has 0 amide bonds. The zero-order valence-corrected chi connectivity index (χ0v) is 11.8. The van der Waals surface area contributed by atoms with Crippen LogP contribution in [0.1, 0.15) is 6.42 Å².